The standard InChI is InChI=1S/C50H34N2.C44H32N2.C38H25N.BHNP/c1-5-17-35(18-6-1)49-42-26-13-14-27-43(42)50(36-19-7-2-8-20-36)46-34-39(29-31-44(46)49)51(37-21-9-3-10-22-37)40-30-32-48-45(33-40)41-25-15-16-28-47(41)52(48)38-23-11-4-12-24-38;1-3-17-37(18-4-1)45(43-23-11-15-35-13-7-9-21-41(35)43)39-29-25-33(26-30-39)34-27-31-40(32-28-34)46(38-19-5-2-6-20-38)44-24-12-16-36-14-8-10-22-42(36)44;1-2-12-26(13-3-1)37-31-16-4-6-18-33(31)38(34-19-7-5-17-32(34)37)27-22-24-28(25-23-27)39-35-20-10-8-14-29(35)30-15-9-11-21-36(30)39;1-2-3/h1-34H;1-32H;1-25H;3H. The van der Waals surface area contributed by atoms with Crippen molar-refractivity contribution in [3.63, 3.8) is 0 Å². The van der Waals surface area contributed by atoms with Crippen LogP contribution in [-0.4, -0.2) is 17.1 Å². The van der Waals surface area contributed by atoms with Crippen molar-refractivity contribution in [2.24, 2.45) is 4.66 Å². The molecule has 0 amide bonds. The SMILES string of the molecule is [B]N=P.c1ccc(-c2c3ccccc3c(-c3ccc(-n4c5ccccc5c5ccccc54)cc3)c3ccccc23)cc1.c1ccc(-c2c3ccccc3c(-c3ccccc3)c3cc(N(c4ccccc4)c4ccc5c(c4)c4ccccc4n5-c4ccccc4)ccc23)cc1.c1ccc(N(c2ccc(-c3ccc(N(c4ccccc4)c4cccc5ccccc45)cc3)cc2)c2cccc3ccccc23)cc1. The fraction of sp³-hybridized carbons (Fsp3) is 0. The first-order chi connectivity index (χ1) is 69.5. The zero-order valence-corrected chi connectivity index (χ0v) is 77.8. The molecule has 2 aromatic heterocycles. The minimum atomic E-state index is 1.11. The molecule has 0 bridgehead atoms. The third-order valence-corrected chi connectivity index (χ3v) is 27.0. The Hall–Kier alpha value is -18.0. The van der Waals surface area contributed by atoms with Gasteiger partial charge in [-0.1, -0.05) is 406 Å². The van der Waals surface area contributed by atoms with Crippen LogP contribution in [0.25, 0.3) is 175 Å². The summed E-state index contributed by atoms with van der Waals surface area (Å²) < 4.78 is 7.56. The number of fused-ring (bicyclic) bond motifs is 12. The van der Waals surface area contributed by atoms with Crippen LogP contribution in [0.2, 0.25) is 0 Å². The Bertz CT molecular complexity index is 8710. The van der Waals surface area contributed by atoms with Crippen LogP contribution in [0.4, 0.5) is 51.2 Å². The van der Waals surface area contributed by atoms with Gasteiger partial charge in [0.1, 0.15) is 0 Å². The lowest BCUT2D eigenvalue weighted by Crippen LogP contribution is -2.10. The summed E-state index contributed by atoms with van der Waals surface area (Å²) in [5.41, 5.74) is 29.7. The fourth-order valence-corrected chi connectivity index (χ4v) is 20.9. The van der Waals surface area contributed by atoms with E-state index in [4.69, 9.17) is 0 Å². The van der Waals surface area contributed by atoms with Gasteiger partial charge in [0.05, 0.1) is 33.4 Å². The van der Waals surface area contributed by atoms with Gasteiger partial charge in [-0.05, 0) is 264 Å². The minimum absolute atomic E-state index is 1.11. The molecule has 26 rings (SSSR count). The van der Waals surface area contributed by atoms with Crippen molar-refractivity contribution in [2.45, 2.75) is 0 Å². The maximum absolute atomic E-state index is 4.39. The predicted octanol–water partition coefficient (Wildman–Crippen LogP) is 37.3. The highest BCUT2D eigenvalue weighted by molar-refractivity contribution is 7.05. The molecule has 0 spiro atoms. The van der Waals surface area contributed by atoms with Crippen LogP contribution >= 0.6 is 9.03 Å². The molecule has 26 aromatic rings. The van der Waals surface area contributed by atoms with Crippen LogP contribution in [-0.2, 0) is 0 Å². The van der Waals surface area contributed by atoms with Gasteiger partial charge in [-0.15, -0.1) is 0 Å². The average Bonchev–Trinajstić information content (AvgIpc) is 1.08. The maximum Gasteiger partial charge on any atom is 0.265 e. The molecule has 0 aliphatic heterocycles. The summed E-state index contributed by atoms with van der Waals surface area (Å²) in [5, 5.41) is 20.0. The Kier molecular flexibility index (Phi) is 23.9. The second-order valence-corrected chi connectivity index (χ2v) is 35.3. The summed E-state index contributed by atoms with van der Waals surface area (Å²) in [6.07, 6.45) is 0. The Morgan fingerprint density at radius 2 is 0.400 bits per heavy atom. The van der Waals surface area contributed by atoms with E-state index < -0.39 is 0 Å². The Morgan fingerprint density at radius 3 is 0.779 bits per heavy atom. The first-order valence-electron chi connectivity index (χ1n) is 47.5. The second kappa shape index (κ2) is 38.8. The Morgan fingerprint density at radius 1 is 0.164 bits per heavy atom. The van der Waals surface area contributed by atoms with Crippen LogP contribution in [0.5, 0.6) is 0 Å². The van der Waals surface area contributed by atoms with E-state index in [1.165, 1.54) is 170 Å². The molecule has 0 saturated heterocycles. The molecule has 0 fully saturated rings. The molecular formula is C132H92BN6P. The van der Waals surface area contributed by atoms with Crippen LogP contribution < -0.4 is 14.7 Å². The van der Waals surface area contributed by atoms with Gasteiger partial charge in [0.2, 0.25) is 0 Å². The lowest BCUT2D eigenvalue weighted by molar-refractivity contribution is 1.18. The quantitative estimate of drug-likeness (QED) is 0.0549. The van der Waals surface area contributed by atoms with Crippen molar-refractivity contribution >= 4 is 176 Å². The molecule has 2 radical (unpaired) electrons. The molecule has 6 nitrogen and oxygen atoms in total. The normalized spacial score (nSPS) is 11.2. The molecular weight excluding hydrogens is 1710 g/mol. The number of rotatable bonds is 16. The highest BCUT2D eigenvalue weighted by atomic mass is 31.0. The monoisotopic (exact) mass is 1800 g/mol. The van der Waals surface area contributed by atoms with Crippen LogP contribution in [0.1, 0.15) is 0 Å². The summed E-state index contributed by atoms with van der Waals surface area (Å²) in [5.74, 6) is 0. The lowest BCUT2D eigenvalue weighted by atomic mass is 9.85. The molecule has 8 heteroatoms. The highest BCUT2D eigenvalue weighted by Gasteiger charge is 2.26. The highest BCUT2D eigenvalue weighted by Crippen LogP contribution is 2.51. The third kappa shape index (κ3) is 16.4. The molecule has 0 atom stereocenters. The van der Waals surface area contributed by atoms with E-state index in [1.807, 2.05) is 0 Å². The first-order valence-corrected chi connectivity index (χ1v) is 48.0. The smallest absolute Gasteiger partial charge is 0.265 e. The fourth-order valence-electron chi connectivity index (χ4n) is 20.9. The second-order valence-electron chi connectivity index (χ2n) is 35.0. The number of hydrogen-bond acceptors (Lipinski definition) is 4. The molecule has 0 unspecified atom stereocenters. The molecule has 0 aliphatic carbocycles. The van der Waals surface area contributed by atoms with E-state index in [1.54, 1.807) is 0 Å². The number of para-hydroxylation sites is 7. The molecule has 140 heavy (non-hydrogen) atoms. The predicted molar refractivity (Wildman–Crippen MR) is 601 cm³/mol. The molecule has 0 N–H and O–H groups in total. The van der Waals surface area contributed by atoms with Gasteiger partial charge in [0.25, 0.3) is 7.98 Å². The number of benzene rings is 24. The summed E-state index contributed by atoms with van der Waals surface area (Å²) in [6, 6.07) is 199. The maximum atomic E-state index is 4.39. The zero-order chi connectivity index (χ0) is 93.6. The zero-order valence-electron chi connectivity index (χ0n) is 76.8. The van der Waals surface area contributed by atoms with Gasteiger partial charge in [-0.2, -0.15) is 0 Å². The van der Waals surface area contributed by atoms with Gasteiger partial charge in [0, 0.05) is 83.5 Å². The van der Waals surface area contributed by atoms with Gasteiger partial charge in [-0.3, -0.25) is 0 Å². The minimum Gasteiger partial charge on any atom is -0.344 e. The van der Waals surface area contributed by atoms with Crippen molar-refractivity contribution in [3.05, 3.63) is 552 Å². The van der Waals surface area contributed by atoms with Crippen LogP contribution in [0.3, 0.4) is 0 Å². The Balaban J connectivity index is 0.000000117. The summed E-state index contributed by atoms with van der Waals surface area (Å²) in [7, 11) is 6.97. The average molecular weight is 1800 g/mol. The van der Waals surface area contributed by atoms with E-state index in [-0.39, 0.29) is 0 Å². The van der Waals surface area contributed by atoms with Gasteiger partial charge in [-0.25, -0.2) is 0 Å². The van der Waals surface area contributed by atoms with Crippen molar-refractivity contribution < 1.29 is 0 Å². The van der Waals surface area contributed by atoms with Gasteiger partial charge in [0.15, 0.2) is 0 Å². The van der Waals surface area contributed by atoms with Crippen molar-refractivity contribution in [2.75, 3.05) is 14.7 Å². The van der Waals surface area contributed by atoms with Crippen molar-refractivity contribution in [1.82, 2.24) is 9.13 Å². The summed E-state index contributed by atoms with van der Waals surface area (Å²) in [6.45, 7) is 0. The number of anilines is 9. The van der Waals surface area contributed by atoms with E-state index in [0.29, 0.717) is 0 Å². The Labute approximate surface area is 818 Å². The molecule has 658 valence electrons. The van der Waals surface area contributed by atoms with Gasteiger partial charge >= 0.3 is 0 Å². The van der Waals surface area contributed by atoms with Crippen LogP contribution in [0, 0.1) is 0 Å². The van der Waals surface area contributed by atoms with E-state index in [9.17, 15) is 0 Å². The first kappa shape index (κ1) is 86.1. The number of aromatic nitrogens is 2. The topological polar surface area (TPSA) is 31.9 Å². The molecule has 0 saturated carbocycles. The van der Waals surface area contributed by atoms with Crippen molar-refractivity contribution in [3.8, 4) is 67.0 Å². The van der Waals surface area contributed by atoms with E-state index >= 15 is 0 Å². The van der Waals surface area contributed by atoms with Crippen molar-refractivity contribution in [1.29, 1.82) is 0 Å². The summed E-state index contributed by atoms with van der Waals surface area (Å²) >= 11 is 0. The number of nitrogens with zero attached hydrogens (tertiary/aromatic N) is 6. The third-order valence-electron chi connectivity index (χ3n) is 27.0. The van der Waals surface area contributed by atoms with Crippen LogP contribution in [0.15, 0.2) is 557 Å². The van der Waals surface area contributed by atoms with E-state index in [2.05, 4.69) is 598 Å². The lowest BCUT2D eigenvalue weighted by Gasteiger charge is -2.27. The molecule has 0 aliphatic rings. The largest absolute Gasteiger partial charge is 0.344 e. The van der Waals surface area contributed by atoms with E-state index in [0.717, 1.165) is 56.9 Å². The van der Waals surface area contributed by atoms with Gasteiger partial charge < -0.3 is 28.5 Å². The molecule has 2 heterocycles. The molecule has 24 aromatic carbocycles. The summed E-state index contributed by atoms with van der Waals surface area (Å²) in [4.78, 5) is 7.09. The number of hydrogen-bond donors (Lipinski definition) is 0.